The summed E-state index contributed by atoms with van der Waals surface area (Å²) in [7, 11) is -0.655. The molecule has 0 aliphatic carbocycles. The van der Waals surface area contributed by atoms with Crippen molar-refractivity contribution in [3.05, 3.63) is 35.1 Å². The van der Waals surface area contributed by atoms with Gasteiger partial charge in [0.25, 0.3) is 10.0 Å². The van der Waals surface area contributed by atoms with E-state index in [1.807, 2.05) is 0 Å². The summed E-state index contributed by atoms with van der Waals surface area (Å²) in [5.74, 6) is 1.96. The quantitative estimate of drug-likeness (QED) is 0.676. The van der Waals surface area contributed by atoms with Crippen LogP contribution in [0.4, 0.5) is 5.69 Å². The fourth-order valence-corrected chi connectivity index (χ4v) is 4.90. The van der Waals surface area contributed by atoms with E-state index in [1.54, 1.807) is 32.4 Å². The first-order valence-electron chi connectivity index (χ1n) is 9.67. The summed E-state index contributed by atoms with van der Waals surface area (Å²) in [6.45, 7) is 4.08. The Morgan fingerprint density at radius 3 is 2.23 bits per heavy atom. The molecular weight excluding hydrogens is 444 g/mol. The molecule has 4 rings (SSSR count). The van der Waals surface area contributed by atoms with E-state index >= 15 is 0 Å². The number of aromatic nitrogens is 2. The van der Waals surface area contributed by atoms with Gasteiger partial charge < -0.3 is 14.8 Å². The highest BCUT2D eigenvalue weighted by Gasteiger charge is 2.27. The van der Waals surface area contributed by atoms with Crippen LogP contribution in [0.3, 0.4) is 0 Å². The van der Waals surface area contributed by atoms with E-state index in [1.165, 1.54) is 6.07 Å². The molecule has 12 heteroatoms. The third kappa shape index (κ3) is 5.06. The third-order valence-electron chi connectivity index (χ3n) is 5.08. The van der Waals surface area contributed by atoms with Crippen molar-refractivity contribution in [1.29, 1.82) is 0 Å². The van der Waals surface area contributed by atoms with Gasteiger partial charge in [-0.05, 0) is 18.2 Å². The van der Waals surface area contributed by atoms with Crippen molar-refractivity contribution < 1.29 is 17.9 Å². The highest BCUT2D eigenvalue weighted by molar-refractivity contribution is 7.90. The SMILES string of the molecule is COc1cc(OC)nc(CN2CCN(CC3=NS(=O)(=O)c4cc(Cl)ccc4N3)CC2)n1. The molecule has 3 heterocycles. The molecule has 0 spiro atoms. The molecule has 0 amide bonds. The number of nitrogens with one attached hydrogen (secondary N) is 1. The third-order valence-corrected chi connectivity index (χ3v) is 6.67. The summed E-state index contributed by atoms with van der Waals surface area (Å²) >= 11 is 5.93. The van der Waals surface area contributed by atoms with Crippen LogP contribution < -0.4 is 14.8 Å². The Bertz CT molecular complexity index is 1080. The summed E-state index contributed by atoms with van der Waals surface area (Å²) in [4.78, 5) is 13.2. The van der Waals surface area contributed by atoms with Crippen molar-refractivity contribution in [2.24, 2.45) is 4.40 Å². The van der Waals surface area contributed by atoms with Crippen LogP contribution in [0, 0.1) is 0 Å². The normalized spacial score (nSPS) is 18.6. The summed E-state index contributed by atoms with van der Waals surface area (Å²) < 4.78 is 39.3. The number of benzene rings is 1. The summed E-state index contributed by atoms with van der Waals surface area (Å²) in [6.07, 6.45) is 0. The van der Waals surface area contributed by atoms with Crippen LogP contribution in [0.15, 0.2) is 33.6 Å². The van der Waals surface area contributed by atoms with E-state index in [2.05, 4.69) is 29.5 Å². The number of sulfonamides is 1. The molecule has 31 heavy (non-hydrogen) atoms. The van der Waals surface area contributed by atoms with Gasteiger partial charge in [-0.15, -0.1) is 4.40 Å². The average molecular weight is 467 g/mol. The Kier molecular flexibility index (Phi) is 6.28. The minimum absolute atomic E-state index is 0.0993. The average Bonchev–Trinajstić information content (AvgIpc) is 2.75. The van der Waals surface area contributed by atoms with Gasteiger partial charge >= 0.3 is 0 Å². The Hall–Kier alpha value is -2.47. The predicted octanol–water partition coefficient (Wildman–Crippen LogP) is 1.48. The molecule has 1 fully saturated rings. The molecule has 1 saturated heterocycles. The highest BCUT2D eigenvalue weighted by Crippen LogP contribution is 2.30. The molecule has 1 N–H and O–H groups in total. The Morgan fingerprint density at radius 2 is 1.61 bits per heavy atom. The molecule has 0 atom stereocenters. The Labute approximate surface area is 185 Å². The number of anilines is 1. The van der Waals surface area contributed by atoms with Crippen molar-refractivity contribution in [1.82, 2.24) is 19.8 Å². The number of hydrogen-bond donors (Lipinski definition) is 1. The van der Waals surface area contributed by atoms with Crippen molar-refractivity contribution in [3.8, 4) is 11.8 Å². The highest BCUT2D eigenvalue weighted by atomic mass is 35.5. The number of piperazine rings is 1. The second-order valence-corrected chi connectivity index (χ2v) is 9.21. The largest absolute Gasteiger partial charge is 0.481 e. The molecule has 1 aromatic heterocycles. The Morgan fingerprint density at radius 1 is 1.00 bits per heavy atom. The smallest absolute Gasteiger partial charge is 0.286 e. The van der Waals surface area contributed by atoms with Crippen LogP contribution in [0.2, 0.25) is 5.02 Å². The lowest BCUT2D eigenvalue weighted by Crippen LogP contribution is -2.48. The lowest BCUT2D eigenvalue weighted by Gasteiger charge is -2.34. The zero-order chi connectivity index (χ0) is 22.0. The van der Waals surface area contributed by atoms with Gasteiger partial charge in [0.15, 0.2) is 0 Å². The monoisotopic (exact) mass is 466 g/mol. The second kappa shape index (κ2) is 8.95. The molecule has 166 valence electrons. The topological polar surface area (TPSA) is 109 Å². The fraction of sp³-hybridized carbons (Fsp3) is 0.421. The van der Waals surface area contributed by atoms with Crippen molar-refractivity contribution in [2.75, 3.05) is 52.3 Å². The van der Waals surface area contributed by atoms with Gasteiger partial charge in [-0.3, -0.25) is 9.80 Å². The fourth-order valence-electron chi connectivity index (χ4n) is 3.50. The molecule has 1 aromatic carbocycles. The number of methoxy groups -OCH3 is 2. The van der Waals surface area contributed by atoms with E-state index < -0.39 is 10.0 Å². The number of amidine groups is 1. The maximum absolute atomic E-state index is 12.5. The van der Waals surface area contributed by atoms with Gasteiger partial charge in [-0.2, -0.15) is 18.4 Å². The minimum Gasteiger partial charge on any atom is -0.481 e. The molecule has 0 radical (unpaired) electrons. The van der Waals surface area contributed by atoms with Gasteiger partial charge in [-0.25, -0.2) is 0 Å². The van der Waals surface area contributed by atoms with E-state index in [4.69, 9.17) is 21.1 Å². The molecule has 10 nitrogen and oxygen atoms in total. The van der Waals surface area contributed by atoms with Crippen molar-refractivity contribution >= 4 is 33.1 Å². The van der Waals surface area contributed by atoms with Crippen molar-refractivity contribution in [2.45, 2.75) is 11.4 Å². The first-order chi connectivity index (χ1) is 14.9. The number of halogens is 1. The molecule has 2 aliphatic rings. The maximum atomic E-state index is 12.5. The van der Waals surface area contributed by atoms with Gasteiger partial charge in [0.1, 0.15) is 16.6 Å². The van der Waals surface area contributed by atoms with E-state index in [0.717, 1.165) is 26.2 Å². The van der Waals surface area contributed by atoms with Crippen LogP contribution in [0.5, 0.6) is 11.8 Å². The second-order valence-electron chi connectivity index (χ2n) is 7.20. The van der Waals surface area contributed by atoms with E-state index in [0.29, 0.717) is 47.2 Å². The van der Waals surface area contributed by atoms with Gasteiger partial charge in [0, 0.05) is 31.2 Å². The lowest BCUT2D eigenvalue weighted by molar-refractivity contribution is 0.137. The van der Waals surface area contributed by atoms with Crippen LogP contribution in [-0.4, -0.2) is 81.0 Å². The van der Waals surface area contributed by atoms with E-state index in [9.17, 15) is 8.42 Å². The van der Waals surface area contributed by atoms with Gasteiger partial charge in [-0.1, -0.05) is 11.6 Å². The molecule has 2 aromatic rings. The first kappa shape index (κ1) is 21.8. The zero-order valence-corrected chi connectivity index (χ0v) is 18.8. The summed E-state index contributed by atoms with van der Waals surface area (Å²) in [5, 5.41) is 3.47. The summed E-state index contributed by atoms with van der Waals surface area (Å²) in [5.41, 5.74) is 0.497. The zero-order valence-electron chi connectivity index (χ0n) is 17.2. The van der Waals surface area contributed by atoms with Crippen LogP contribution in [0.25, 0.3) is 0 Å². The maximum Gasteiger partial charge on any atom is 0.286 e. The van der Waals surface area contributed by atoms with Crippen LogP contribution >= 0.6 is 11.6 Å². The standard InChI is InChI=1S/C19H23ClN6O4S/c1-29-18-10-19(30-2)23-16(22-18)11-25-5-7-26(8-6-25)12-17-21-14-4-3-13(20)9-15(14)31(27,28)24-17/h3-4,9-10H,5-8,11-12H2,1-2H3,(H,21,24). The lowest BCUT2D eigenvalue weighted by atomic mass is 10.3. The summed E-state index contributed by atoms with van der Waals surface area (Å²) in [6, 6.07) is 6.36. The molecule has 0 bridgehead atoms. The predicted molar refractivity (Wildman–Crippen MR) is 117 cm³/mol. The van der Waals surface area contributed by atoms with E-state index in [-0.39, 0.29) is 4.90 Å². The number of rotatable bonds is 6. The van der Waals surface area contributed by atoms with Crippen LogP contribution in [0.1, 0.15) is 5.82 Å². The number of fused-ring (bicyclic) bond motifs is 1. The molecule has 0 saturated carbocycles. The molecule has 2 aliphatic heterocycles. The number of hydrogen-bond acceptors (Lipinski definition) is 9. The van der Waals surface area contributed by atoms with Crippen LogP contribution in [-0.2, 0) is 16.6 Å². The number of ether oxygens (including phenoxy) is 2. The number of nitrogens with zero attached hydrogens (tertiary/aromatic N) is 5. The van der Waals surface area contributed by atoms with Gasteiger partial charge in [0.2, 0.25) is 11.8 Å². The molecule has 0 unspecified atom stereocenters. The Balaban J connectivity index is 1.36. The minimum atomic E-state index is -3.77. The van der Waals surface area contributed by atoms with Gasteiger partial charge in [0.05, 0.1) is 39.1 Å². The van der Waals surface area contributed by atoms with Crippen molar-refractivity contribution in [3.63, 3.8) is 0 Å². The molecular formula is C19H23ClN6O4S. The first-order valence-corrected chi connectivity index (χ1v) is 11.5.